The van der Waals surface area contributed by atoms with Crippen LogP contribution in [0.5, 0.6) is 11.5 Å². The molecular formula is C19H22N2O4S. The van der Waals surface area contributed by atoms with Gasteiger partial charge in [0.1, 0.15) is 5.57 Å². The van der Waals surface area contributed by atoms with Gasteiger partial charge in [-0.15, -0.1) is 6.58 Å². The molecule has 1 aliphatic rings. The Morgan fingerprint density at radius 2 is 1.81 bits per heavy atom. The molecule has 6 nitrogen and oxygen atoms in total. The van der Waals surface area contributed by atoms with Gasteiger partial charge in [-0.3, -0.25) is 19.4 Å². The van der Waals surface area contributed by atoms with Gasteiger partial charge in [-0.05, 0) is 49.3 Å². The van der Waals surface area contributed by atoms with Gasteiger partial charge in [0.25, 0.3) is 11.8 Å². The van der Waals surface area contributed by atoms with Crippen molar-refractivity contribution in [1.82, 2.24) is 9.80 Å². The minimum Gasteiger partial charge on any atom is -0.493 e. The third-order valence-corrected chi connectivity index (χ3v) is 4.52. The number of hydrogen-bond acceptors (Lipinski definition) is 5. The minimum absolute atomic E-state index is 0.0424. The summed E-state index contributed by atoms with van der Waals surface area (Å²) in [4.78, 5) is 27.5. The second-order valence-electron chi connectivity index (χ2n) is 5.71. The molecule has 1 aromatic rings. The molecule has 0 N–H and O–H groups in total. The molecule has 0 spiro atoms. The third-order valence-electron chi connectivity index (χ3n) is 3.98. The summed E-state index contributed by atoms with van der Waals surface area (Å²) in [6.07, 6.45) is 3.86. The van der Waals surface area contributed by atoms with Gasteiger partial charge in [-0.25, -0.2) is 0 Å². The van der Waals surface area contributed by atoms with E-state index < -0.39 is 11.8 Å². The molecule has 26 heavy (non-hydrogen) atoms. The van der Waals surface area contributed by atoms with E-state index in [2.05, 4.69) is 6.58 Å². The molecule has 0 saturated carbocycles. The highest BCUT2D eigenvalue weighted by atomic mass is 32.1. The van der Waals surface area contributed by atoms with Crippen molar-refractivity contribution in [1.29, 1.82) is 0 Å². The summed E-state index contributed by atoms with van der Waals surface area (Å²) in [6.45, 7) is 6.09. The Morgan fingerprint density at radius 3 is 2.31 bits per heavy atom. The smallest absolute Gasteiger partial charge is 0.265 e. The van der Waals surface area contributed by atoms with Crippen LogP contribution < -0.4 is 9.47 Å². The van der Waals surface area contributed by atoms with Gasteiger partial charge in [0.15, 0.2) is 16.6 Å². The number of ether oxygens (including phenoxy) is 2. The largest absolute Gasteiger partial charge is 0.493 e. The molecule has 1 aromatic carbocycles. The monoisotopic (exact) mass is 374 g/mol. The molecular weight excluding hydrogens is 352 g/mol. The van der Waals surface area contributed by atoms with E-state index in [1.165, 1.54) is 9.80 Å². The zero-order valence-electron chi connectivity index (χ0n) is 15.4. The topological polar surface area (TPSA) is 59.1 Å². The van der Waals surface area contributed by atoms with Crippen molar-refractivity contribution < 1.29 is 19.1 Å². The maximum Gasteiger partial charge on any atom is 0.265 e. The molecule has 0 unspecified atom stereocenters. The first kappa shape index (κ1) is 19.7. The fraction of sp³-hybridized carbons (Fsp3) is 0.316. The molecule has 0 bridgehead atoms. The van der Waals surface area contributed by atoms with Crippen LogP contribution in [0, 0.1) is 0 Å². The molecule has 2 amide bonds. The zero-order valence-corrected chi connectivity index (χ0v) is 16.2. The molecule has 0 atom stereocenters. The summed E-state index contributed by atoms with van der Waals surface area (Å²) in [5.41, 5.74) is 1.56. The maximum absolute atomic E-state index is 12.5. The molecule has 0 aromatic heterocycles. The molecule has 1 fully saturated rings. The van der Waals surface area contributed by atoms with Gasteiger partial charge in [-0.1, -0.05) is 6.08 Å². The van der Waals surface area contributed by atoms with Gasteiger partial charge >= 0.3 is 0 Å². The lowest BCUT2D eigenvalue weighted by atomic mass is 10.0. The number of methoxy groups -OCH3 is 1. The summed E-state index contributed by atoms with van der Waals surface area (Å²) in [7, 11) is 4.66. The normalized spacial score (nSPS) is 14.6. The minimum atomic E-state index is -0.433. The van der Waals surface area contributed by atoms with Crippen LogP contribution in [-0.2, 0) is 16.0 Å². The van der Waals surface area contributed by atoms with Gasteiger partial charge in [-0.2, -0.15) is 0 Å². The number of thiocarbonyl (C=S) groups is 1. The lowest BCUT2D eigenvalue weighted by Gasteiger charge is -2.31. The van der Waals surface area contributed by atoms with Crippen LogP contribution in [0.1, 0.15) is 18.1 Å². The molecule has 0 radical (unpaired) electrons. The summed E-state index contributed by atoms with van der Waals surface area (Å²) in [6, 6.07) is 3.60. The Kier molecular flexibility index (Phi) is 6.15. The number of allylic oxidation sites excluding steroid dienone is 1. The van der Waals surface area contributed by atoms with Gasteiger partial charge in [0.05, 0.1) is 13.7 Å². The summed E-state index contributed by atoms with van der Waals surface area (Å²) < 4.78 is 11.1. The SMILES string of the molecule is C=CCc1cc(C=C2C(=O)N(C)C(=S)N(C)C2=O)cc(OCC)c1OC. The standard InChI is InChI=1S/C19H22N2O4S/c1-6-8-13-9-12(11-15(25-7-2)16(13)24-5)10-14-17(22)20(3)19(26)21(4)18(14)23/h6,9-11H,1,7-8H2,2-5H3. The van der Waals surface area contributed by atoms with Crippen molar-refractivity contribution in [2.45, 2.75) is 13.3 Å². The average Bonchev–Trinajstić information content (AvgIpc) is 2.62. The van der Waals surface area contributed by atoms with Crippen LogP contribution in [0.3, 0.4) is 0 Å². The van der Waals surface area contributed by atoms with Gasteiger partial charge in [0, 0.05) is 19.7 Å². The van der Waals surface area contributed by atoms with Crippen LogP contribution in [0.4, 0.5) is 0 Å². The third kappa shape index (κ3) is 3.62. The second-order valence-corrected chi connectivity index (χ2v) is 6.07. The number of carbonyl (C=O) groups is 2. The zero-order chi connectivity index (χ0) is 19.4. The number of benzene rings is 1. The highest BCUT2D eigenvalue weighted by molar-refractivity contribution is 7.80. The molecule has 1 heterocycles. The van der Waals surface area contributed by atoms with E-state index in [0.717, 1.165) is 5.56 Å². The number of carbonyl (C=O) groups excluding carboxylic acids is 2. The predicted molar refractivity (Wildman–Crippen MR) is 104 cm³/mol. The number of hydrogen-bond donors (Lipinski definition) is 0. The van der Waals surface area contributed by atoms with Crippen molar-refractivity contribution >= 4 is 35.2 Å². The first-order valence-corrected chi connectivity index (χ1v) is 8.52. The predicted octanol–water partition coefficient (Wildman–Crippen LogP) is 2.42. The fourth-order valence-corrected chi connectivity index (χ4v) is 2.88. The Balaban J connectivity index is 2.58. The Bertz CT molecular complexity index is 775. The molecule has 7 heteroatoms. The molecule has 1 aliphatic heterocycles. The lowest BCUT2D eigenvalue weighted by Crippen LogP contribution is -2.52. The number of amides is 2. The molecule has 1 saturated heterocycles. The van der Waals surface area contributed by atoms with E-state index >= 15 is 0 Å². The van der Waals surface area contributed by atoms with E-state index in [4.69, 9.17) is 21.7 Å². The van der Waals surface area contributed by atoms with E-state index in [1.54, 1.807) is 39.4 Å². The van der Waals surface area contributed by atoms with Crippen LogP contribution in [0.25, 0.3) is 6.08 Å². The summed E-state index contributed by atoms with van der Waals surface area (Å²) in [5.74, 6) is 0.300. The molecule has 2 rings (SSSR count). The van der Waals surface area contributed by atoms with E-state index in [9.17, 15) is 9.59 Å². The Labute approximate surface area is 158 Å². The van der Waals surface area contributed by atoms with Crippen LogP contribution in [-0.4, -0.2) is 54.5 Å². The van der Waals surface area contributed by atoms with Crippen molar-refractivity contribution in [3.63, 3.8) is 0 Å². The number of rotatable bonds is 6. The average molecular weight is 374 g/mol. The first-order valence-electron chi connectivity index (χ1n) is 8.12. The highest BCUT2D eigenvalue weighted by Crippen LogP contribution is 2.34. The lowest BCUT2D eigenvalue weighted by molar-refractivity contribution is -0.132. The quantitative estimate of drug-likeness (QED) is 0.331. The summed E-state index contributed by atoms with van der Waals surface area (Å²) in [5, 5.41) is 0.175. The van der Waals surface area contributed by atoms with Crippen molar-refractivity contribution in [3.05, 3.63) is 41.5 Å². The van der Waals surface area contributed by atoms with Crippen LogP contribution >= 0.6 is 12.2 Å². The maximum atomic E-state index is 12.5. The second kappa shape index (κ2) is 8.14. The molecule has 0 aliphatic carbocycles. The summed E-state index contributed by atoms with van der Waals surface area (Å²) >= 11 is 5.10. The number of nitrogens with zero attached hydrogens (tertiary/aromatic N) is 2. The first-order chi connectivity index (χ1) is 12.3. The van der Waals surface area contributed by atoms with E-state index in [-0.39, 0.29) is 10.7 Å². The fourth-order valence-electron chi connectivity index (χ4n) is 2.71. The van der Waals surface area contributed by atoms with Gasteiger partial charge in [0.2, 0.25) is 0 Å². The van der Waals surface area contributed by atoms with E-state index in [0.29, 0.717) is 30.1 Å². The van der Waals surface area contributed by atoms with Crippen molar-refractivity contribution in [3.8, 4) is 11.5 Å². The van der Waals surface area contributed by atoms with Crippen LogP contribution in [0.2, 0.25) is 0 Å². The Hall–Kier alpha value is -2.67. The van der Waals surface area contributed by atoms with Crippen LogP contribution in [0.15, 0.2) is 30.4 Å². The Morgan fingerprint density at radius 1 is 1.19 bits per heavy atom. The highest BCUT2D eigenvalue weighted by Gasteiger charge is 2.35. The van der Waals surface area contributed by atoms with Crippen molar-refractivity contribution in [2.24, 2.45) is 0 Å². The van der Waals surface area contributed by atoms with Crippen molar-refractivity contribution in [2.75, 3.05) is 27.8 Å². The van der Waals surface area contributed by atoms with E-state index in [1.807, 2.05) is 13.0 Å². The number of likely N-dealkylation sites (N-methyl/N-ethyl adjacent to an activating group) is 2. The van der Waals surface area contributed by atoms with Gasteiger partial charge < -0.3 is 9.47 Å². The molecule has 138 valence electrons.